The van der Waals surface area contributed by atoms with E-state index < -0.39 is 0 Å². The zero-order chi connectivity index (χ0) is 9.68. The van der Waals surface area contributed by atoms with Crippen LogP contribution in [0.25, 0.3) is 0 Å². The molecule has 0 heterocycles. The van der Waals surface area contributed by atoms with E-state index in [0.717, 1.165) is 6.54 Å². The fourth-order valence-corrected chi connectivity index (χ4v) is 2.04. The van der Waals surface area contributed by atoms with Gasteiger partial charge in [-0.25, -0.2) is 0 Å². The Morgan fingerprint density at radius 1 is 1.31 bits per heavy atom. The predicted octanol–water partition coefficient (Wildman–Crippen LogP) is 0.888. The van der Waals surface area contributed by atoms with Crippen LogP contribution in [0.2, 0.25) is 0 Å². The van der Waals surface area contributed by atoms with Gasteiger partial charge in [0.05, 0.1) is 0 Å². The van der Waals surface area contributed by atoms with Crippen LogP contribution in [0, 0.1) is 11.8 Å². The van der Waals surface area contributed by atoms with Gasteiger partial charge in [-0.2, -0.15) is 0 Å². The van der Waals surface area contributed by atoms with Crippen LogP contribution in [0.4, 0.5) is 0 Å². The summed E-state index contributed by atoms with van der Waals surface area (Å²) in [6.45, 7) is 0.812. The van der Waals surface area contributed by atoms with Gasteiger partial charge in [-0.15, -0.1) is 0 Å². The van der Waals surface area contributed by atoms with Gasteiger partial charge in [-0.05, 0) is 44.1 Å². The van der Waals surface area contributed by atoms with Gasteiger partial charge in [0.25, 0.3) is 0 Å². The molecule has 13 heavy (non-hydrogen) atoms. The lowest BCUT2D eigenvalue weighted by Gasteiger charge is -2.26. The predicted molar refractivity (Wildman–Crippen MR) is 53.2 cm³/mol. The van der Waals surface area contributed by atoms with Crippen molar-refractivity contribution in [3.8, 4) is 0 Å². The molecule has 0 unspecified atom stereocenters. The number of carbonyl (C=O) groups is 1. The van der Waals surface area contributed by atoms with Gasteiger partial charge in [0.15, 0.2) is 0 Å². The summed E-state index contributed by atoms with van der Waals surface area (Å²) in [6.07, 6.45) is 5.47. The van der Waals surface area contributed by atoms with E-state index in [0.29, 0.717) is 18.3 Å². The fourth-order valence-electron chi connectivity index (χ4n) is 2.04. The highest BCUT2D eigenvalue weighted by atomic mass is 16.1. The summed E-state index contributed by atoms with van der Waals surface area (Å²) in [5, 5.41) is 2.67. The van der Waals surface area contributed by atoms with Crippen LogP contribution in [0.1, 0.15) is 32.1 Å². The first-order valence-electron chi connectivity index (χ1n) is 5.17. The molecule has 1 aliphatic carbocycles. The molecule has 0 spiro atoms. The van der Waals surface area contributed by atoms with Crippen molar-refractivity contribution in [2.24, 2.45) is 17.6 Å². The summed E-state index contributed by atoms with van der Waals surface area (Å²) >= 11 is 0. The normalized spacial score (nSPS) is 28.5. The minimum Gasteiger partial charge on any atom is -0.359 e. The van der Waals surface area contributed by atoms with Crippen LogP contribution in [0.3, 0.4) is 0 Å². The topological polar surface area (TPSA) is 55.1 Å². The molecule has 3 nitrogen and oxygen atoms in total. The molecular weight excluding hydrogens is 164 g/mol. The summed E-state index contributed by atoms with van der Waals surface area (Å²) < 4.78 is 0. The minimum absolute atomic E-state index is 0.177. The summed E-state index contributed by atoms with van der Waals surface area (Å²) in [5.41, 5.74) is 5.60. The molecule has 1 saturated carbocycles. The Balaban J connectivity index is 2.21. The van der Waals surface area contributed by atoms with E-state index in [2.05, 4.69) is 5.32 Å². The second-order valence-electron chi connectivity index (χ2n) is 4.00. The van der Waals surface area contributed by atoms with Crippen molar-refractivity contribution in [1.82, 2.24) is 5.32 Å². The second kappa shape index (κ2) is 5.22. The molecule has 1 aliphatic rings. The zero-order valence-corrected chi connectivity index (χ0v) is 8.38. The third-order valence-corrected chi connectivity index (χ3v) is 3.05. The van der Waals surface area contributed by atoms with Gasteiger partial charge in [0.2, 0.25) is 5.91 Å². The molecule has 76 valence electrons. The molecule has 0 saturated heterocycles. The van der Waals surface area contributed by atoms with Gasteiger partial charge in [-0.3, -0.25) is 4.79 Å². The lowest BCUT2D eigenvalue weighted by atomic mass is 9.80. The Bertz CT molecular complexity index is 162. The molecule has 0 aliphatic heterocycles. The maximum Gasteiger partial charge on any atom is 0.220 e. The molecule has 0 aromatic heterocycles. The maximum absolute atomic E-state index is 11.1. The Kier molecular flexibility index (Phi) is 4.22. The average molecular weight is 184 g/mol. The second-order valence-corrected chi connectivity index (χ2v) is 4.00. The standard InChI is InChI=1S/C10H20N2O/c1-12-10(13)6-8-2-4-9(7-11)5-3-8/h8-9H,2-7,11H2,1H3,(H,12,13). The van der Waals surface area contributed by atoms with Crippen molar-refractivity contribution in [3.05, 3.63) is 0 Å². The van der Waals surface area contributed by atoms with Crippen LogP contribution in [0.15, 0.2) is 0 Å². The molecule has 1 fully saturated rings. The number of carbonyl (C=O) groups excluding carboxylic acids is 1. The van der Waals surface area contributed by atoms with Crippen LogP contribution >= 0.6 is 0 Å². The molecule has 0 aromatic rings. The van der Waals surface area contributed by atoms with Crippen LogP contribution in [-0.2, 0) is 4.79 Å². The summed E-state index contributed by atoms with van der Waals surface area (Å²) in [5.74, 6) is 1.49. The third kappa shape index (κ3) is 3.35. The number of nitrogens with two attached hydrogens (primary N) is 1. The van der Waals surface area contributed by atoms with Gasteiger partial charge in [-0.1, -0.05) is 0 Å². The van der Waals surface area contributed by atoms with Crippen LogP contribution < -0.4 is 11.1 Å². The molecule has 0 aromatic carbocycles. The smallest absolute Gasteiger partial charge is 0.220 e. The fraction of sp³-hybridized carbons (Fsp3) is 0.900. The van der Waals surface area contributed by atoms with Crippen molar-refractivity contribution >= 4 is 5.91 Å². The number of amides is 1. The first kappa shape index (κ1) is 10.5. The number of nitrogens with one attached hydrogen (secondary N) is 1. The monoisotopic (exact) mass is 184 g/mol. The first-order valence-corrected chi connectivity index (χ1v) is 5.17. The Hall–Kier alpha value is -0.570. The van der Waals surface area contributed by atoms with E-state index in [1.54, 1.807) is 7.05 Å². The summed E-state index contributed by atoms with van der Waals surface area (Å²) in [7, 11) is 1.70. The highest BCUT2D eigenvalue weighted by Crippen LogP contribution is 2.29. The molecule has 3 heteroatoms. The van der Waals surface area contributed by atoms with Gasteiger partial charge >= 0.3 is 0 Å². The molecule has 0 bridgehead atoms. The minimum atomic E-state index is 0.177. The Labute approximate surface area is 80.1 Å². The van der Waals surface area contributed by atoms with Crippen molar-refractivity contribution in [1.29, 1.82) is 0 Å². The summed E-state index contributed by atoms with van der Waals surface area (Å²) in [4.78, 5) is 11.1. The van der Waals surface area contributed by atoms with Gasteiger partial charge < -0.3 is 11.1 Å². The number of hydrogen-bond acceptors (Lipinski definition) is 2. The highest BCUT2D eigenvalue weighted by Gasteiger charge is 2.21. The van der Waals surface area contributed by atoms with Crippen molar-refractivity contribution < 1.29 is 4.79 Å². The van der Waals surface area contributed by atoms with E-state index in [-0.39, 0.29) is 5.91 Å². The molecular formula is C10H20N2O. The SMILES string of the molecule is CNC(=O)CC1CCC(CN)CC1. The highest BCUT2D eigenvalue weighted by molar-refractivity contribution is 5.75. The van der Waals surface area contributed by atoms with E-state index in [1.165, 1.54) is 25.7 Å². The lowest BCUT2D eigenvalue weighted by Crippen LogP contribution is -2.26. The molecule has 3 N–H and O–H groups in total. The Morgan fingerprint density at radius 2 is 1.85 bits per heavy atom. The zero-order valence-electron chi connectivity index (χ0n) is 8.38. The van der Waals surface area contributed by atoms with E-state index in [4.69, 9.17) is 5.73 Å². The quantitative estimate of drug-likeness (QED) is 0.684. The van der Waals surface area contributed by atoms with Crippen molar-refractivity contribution in [2.45, 2.75) is 32.1 Å². The van der Waals surface area contributed by atoms with E-state index >= 15 is 0 Å². The van der Waals surface area contributed by atoms with E-state index in [1.807, 2.05) is 0 Å². The summed E-state index contributed by atoms with van der Waals surface area (Å²) in [6, 6.07) is 0. The lowest BCUT2D eigenvalue weighted by molar-refractivity contribution is -0.121. The Morgan fingerprint density at radius 3 is 2.31 bits per heavy atom. The van der Waals surface area contributed by atoms with Gasteiger partial charge in [0.1, 0.15) is 0 Å². The third-order valence-electron chi connectivity index (χ3n) is 3.05. The van der Waals surface area contributed by atoms with Crippen molar-refractivity contribution in [2.75, 3.05) is 13.6 Å². The number of rotatable bonds is 3. The number of hydrogen-bond donors (Lipinski definition) is 2. The molecule has 0 radical (unpaired) electrons. The molecule has 1 rings (SSSR count). The van der Waals surface area contributed by atoms with Crippen LogP contribution in [0.5, 0.6) is 0 Å². The van der Waals surface area contributed by atoms with Crippen molar-refractivity contribution in [3.63, 3.8) is 0 Å². The van der Waals surface area contributed by atoms with E-state index in [9.17, 15) is 4.79 Å². The average Bonchev–Trinajstić information content (AvgIpc) is 2.19. The maximum atomic E-state index is 11.1. The largest absolute Gasteiger partial charge is 0.359 e. The molecule has 0 atom stereocenters. The molecule has 1 amide bonds. The first-order chi connectivity index (χ1) is 6.26. The van der Waals surface area contributed by atoms with Crippen LogP contribution in [-0.4, -0.2) is 19.5 Å². The van der Waals surface area contributed by atoms with Gasteiger partial charge in [0, 0.05) is 13.5 Å².